The van der Waals surface area contributed by atoms with Crippen LogP contribution in [0.1, 0.15) is 6.23 Å². The van der Waals surface area contributed by atoms with Crippen molar-refractivity contribution in [3.8, 4) is 11.5 Å². The summed E-state index contributed by atoms with van der Waals surface area (Å²) in [5.41, 5.74) is 1.57. The van der Waals surface area contributed by atoms with Crippen LogP contribution in [0.25, 0.3) is 33.4 Å². The van der Waals surface area contributed by atoms with E-state index in [9.17, 15) is 14.6 Å². The van der Waals surface area contributed by atoms with Gasteiger partial charge in [-0.2, -0.15) is 0 Å². The van der Waals surface area contributed by atoms with E-state index in [1.165, 1.54) is 12.6 Å². The quantitative estimate of drug-likeness (QED) is 0.546. The molecule has 4 aromatic rings. The van der Waals surface area contributed by atoms with Crippen molar-refractivity contribution in [1.82, 2.24) is 14.5 Å². The van der Waals surface area contributed by atoms with E-state index in [4.69, 9.17) is 20.8 Å². The van der Waals surface area contributed by atoms with Crippen molar-refractivity contribution >= 4 is 33.5 Å². The summed E-state index contributed by atoms with van der Waals surface area (Å²) < 4.78 is 27.6. The van der Waals surface area contributed by atoms with Gasteiger partial charge >= 0.3 is 0 Å². The predicted molar refractivity (Wildman–Crippen MR) is 99.6 cm³/mol. The minimum absolute atomic E-state index is 0.414. The van der Waals surface area contributed by atoms with Gasteiger partial charge in [0, 0.05) is 10.4 Å². The van der Waals surface area contributed by atoms with Gasteiger partial charge in [0.15, 0.2) is 18.2 Å². The van der Waals surface area contributed by atoms with Crippen LogP contribution in [0.3, 0.4) is 0 Å². The van der Waals surface area contributed by atoms with Crippen LogP contribution in [0, 0.1) is 0 Å². The second-order valence-electron chi connectivity index (χ2n) is 6.61. The largest absolute Gasteiger partial charge is 0.463 e. The maximum Gasteiger partial charge on any atom is 0.173 e. The molecule has 4 heterocycles. The van der Waals surface area contributed by atoms with E-state index in [2.05, 4.69) is 9.97 Å². The van der Waals surface area contributed by atoms with Gasteiger partial charge in [-0.3, -0.25) is 4.57 Å². The van der Waals surface area contributed by atoms with Crippen LogP contribution in [-0.4, -0.2) is 49.7 Å². The first-order chi connectivity index (χ1) is 13.6. The lowest BCUT2D eigenvalue weighted by Crippen LogP contribution is -2.30. The highest BCUT2D eigenvalue weighted by Gasteiger charge is 2.46. The lowest BCUT2D eigenvalue weighted by Gasteiger charge is -2.17. The Labute approximate surface area is 162 Å². The SMILES string of the molecule is OC[C@H]1O[C@@H](n2c3ccc(Cl)cc3c3c(-c4ccco4)ncnc32)[C@H](F)[C@@H]1O. The molecule has 144 valence electrons. The zero-order valence-corrected chi connectivity index (χ0v) is 15.1. The number of aliphatic hydroxyl groups excluding tert-OH is 2. The monoisotopic (exact) mass is 403 g/mol. The highest BCUT2D eigenvalue weighted by Crippen LogP contribution is 2.41. The molecule has 0 saturated carbocycles. The molecule has 1 aromatic carbocycles. The Kier molecular flexibility index (Phi) is 4.09. The highest BCUT2D eigenvalue weighted by atomic mass is 35.5. The van der Waals surface area contributed by atoms with Crippen LogP contribution in [0.4, 0.5) is 4.39 Å². The van der Waals surface area contributed by atoms with E-state index in [0.717, 1.165) is 0 Å². The fourth-order valence-corrected chi connectivity index (χ4v) is 3.93. The Morgan fingerprint density at radius 2 is 2.11 bits per heavy atom. The van der Waals surface area contributed by atoms with Crippen LogP contribution < -0.4 is 0 Å². The molecule has 7 nitrogen and oxygen atoms in total. The molecule has 0 aliphatic carbocycles. The number of hydrogen-bond acceptors (Lipinski definition) is 6. The molecular formula is C19H15ClFN3O4. The van der Waals surface area contributed by atoms with Gasteiger partial charge in [-0.25, -0.2) is 14.4 Å². The van der Waals surface area contributed by atoms with Gasteiger partial charge in [-0.05, 0) is 30.3 Å². The summed E-state index contributed by atoms with van der Waals surface area (Å²) in [7, 11) is 0. The van der Waals surface area contributed by atoms with Crippen LogP contribution in [0.5, 0.6) is 0 Å². The number of halogens is 2. The lowest BCUT2D eigenvalue weighted by atomic mass is 10.1. The Morgan fingerprint density at radius 3 is 2.82 bits per heavy atom. The molecule has 0 bridgehead atoms. The number of fused-ring (bicyclic) bond motifs is 3. The number of aromatic nitrogens is 3. The maximum absolute atomic E-state index is 14.9. The van der Waals surface area contributed by atoms with Crippen molar-refractivity contribution in [2.24, 2.45) is 0 Å². The van der Waals surface area contributed by atoms with E-state index in [1.54, 1.807) is 34.9 Å². The maximum atomic E-state index is 14.9. The molecule has 1 fully saturated rings. The van der Waals surface area contributed by atoms with Crippen molar-refractivity contribution in [2.75, 3.05) is 6.61 Å². The average Bonchev–Trinajstić information content (AvgIpc) is 3.40. The van der Waals surface area contributed by atoms with E-state index in [1.807, 2.05) is 0 Å². The molecule has 4 atom stereocenters. The first kappa shape index (κ1) is 17.6. The molecule has 0 amide bonds. The van der Waals surface area contributed by atoms with Crippen LogP contribution in [-0.2, 0) is 4.74 Å². The van der Waals surface area contributed by atoms with Gasteiger partial charge < -0.3 is 19.4 Å². The second kappa shape index (κ2) is 6.52. The van der Waals surface area contributed by atoms with E-state index < -0.39 is 31.2 Å². The zero-order chi connectivity index (χ0) is 19.4. The number of furan rings is 1. The minimum atomic E-state index is -1.74. The van der Waals surface area contributed by atoms with Crippen molar-refractivity contribution < 1.29 is 23.8 Å². The number of hydrogen-bond donors (Lipinski definition) is 2. The van der Waals surface area contributed by atoms with Crippen LogP contribution in [0.15, 0.2) is 47.3 Å². The first-order valence-electron chi connectivity index (χ1n) is 8.66. The molecule has 28 heavy (non-hydrogen) atoms. The molecule has 3 aromatic heterocycles. The summed E-state index contributed by atoms with van der Waals surface area (Å²) in [6.07, 6.45) is -2.47. The van der Waals surface area contributed by atoms with Gasteiger partial charge in [0.05, 0.1) is 23.8 Å². The Balaban J connectivity index is 1.84. The first-order valence-corrected chi connectivity index (χ1v) is 9.04. The fourth-order valence-electron chi connectivity index (χ4n) is 3.76. The van der Waals surface area contributed by atoms with Crippen molar-refractivity contribution in [2.45, 2.75) is 24.6 Å². The zero-order valence-electron chi connectivity index (χ0n) is 14.4. The van der Waals surface area contributed by atoms with Gasteiger partial charge in [0.1, 0.15) is 29.9 Å². The molecule has 2 N–H and O–H groups in total. The molecule has 9 heteroatoms. The number of rotatable bonds is 3. The van der Waals surface area contributed by atoms with E-state index in [0.29, 0.717) is 38.4 Å². The third-order valence-corrected chi connectivity index (χ3v) is 5.26. The number of alkyl halides is 1. The van der Waals surface area contributed by atoms with E-state index in [-0.39, 0.29) is 0 Å². The third kappa shape index (κ3) is 2.46. The predicted octanol–water partition coefficient (Wildman–Crippen LogP) is 3.09. The summed E-state index contributed by atoms with van der Waals surface area (Å²) in [6.45, 7) is -0.492. The Bertz CT molecular complexity index is 1160. The molecule has 0 radical (unpaired) electrons. The van der Waals surface area contributed by atoms with Crippen molar-refractivity contribution in [3.05, 3.63) is 47.9 Å². The summed E-state index contributed by atoms with van der Waals surface area (Å²) in [5, 5.41) is 21.3. The van der Waals surface area contributed by atoms with Gasteiger partial charge in [-0.1, -0.05) is 11.6 Å². The summed E-state index contributed by atoms with van der Waals surface area (Å²) in [6, 6.07) is 8.68. The summed E-state index contributed by atoms with van der Waals surface area (Å²) in [4.78, 5) is 8.70. The van der Waals surface area contributed by atoms with Crippen LogP contribution in [0.2, 0.25) is 5.02 Å². The van der Waals surface area contributed by atoms with Gasteiger partial charge in [-0.15, -0.1) is 0 Å². The number of nitrogens with zero attached hydrogens (tertiary/aromatic N) is 3. The third-order valence-electron chi connectivity index (χ3n) is 5.03. The summed E-state index contributed by atoms with van der Waals surface area (Å²) in [5.74, 6) is 0.531. The molecule has 5 rings (SSSR count). The second-order valence-corrected chi connectivity index (χ2v) is 7.05. The standard InChI is InChI=1S/C19H15ClFN3O4/c20-9-3-4-11-10(6-9)14-16(12-2-1-5-27-12)22-8-23-18(14)24(11)19-15(21)17(26)13(7-25)28-19/h1-6,8,13,15,17,19,25-26H,7H2/t13-,15-,17-,19-/m1/s1. The molecule has 1 aliphatic rings. The topological polar surface area (TPSA) is 93.5 Å². The van der Waals surface area contributed by atoms with Crippen molar-refractivity contribution in [3.63, 3.8) is 0 Å². The Hall–Kier alpha value is -2.52. The van der Waals surface area contributed by atoms with Crippen LogP contribution >= 0.6 is 11.6 Å². The number of aliphatic hydroxyl groups is 2. The molecule has 0 spiro atoms. The van der Waals surface area contributed by atoms with Crippen molar-refractivity contribution in [1.29, 1.82) is 0 Å². The molecule has 1 saturated heterocycles. The van der Waals surface area contributed by atoms with Gasteiger partial charge in [0.2, 0.25) is 0 Å². The summed E-state index contributed by atoms with van der Waals surface area (Å²) >= 11 is 6.21. The molecular weight excluding hydrogens is 389 g/mol. The fraction of sp³-hybridized carbons (Fsp3) is 0.263. The normalized spacial score (nSPS) is 25.1. The number of ether oxygens (including phenoxy) is 1. The minimum Gasteiger partial charge on any atom is -0.463 e. The average molecular weight is 404 g/mol. The van der Waals surface area contributed by atoms with Gasteiger partial charge in [0.25, 0.3) is 0 Å². The smallest absolute Gasteiger partial charge is 0.173 e. The molecule has 1 aliphatic heterocycles. The Morgan fingerprint density at radius 1 is 1.25 bits per heavy atom. The lowest BCUT2D eigenvalue weighted by molar-refractivity contribution is -0.0442. The highest BCUT2D eigenvalue weighted by molar-refractivity contribution is 6.32. The van der Waals surface area contributed by atoms with E-state index >= 15 is 0 Å². The number of benzene rings is 1. The molecule has 0 unspecified atom stereocenters.